The highest BCUT2D eigenvalue weighted by Gasteiger charge is 2.23. The van der Waals surface area contributed by atoms with E-state index in [1.165, 1.54) is 36.0 Å². The molecular weight excluding hydrogens is 531 g/mol. The van der Waals surface area contributed by atoms with E-state index in [1.54, 1.807) is 18.2 Å². The lowest BCUT2D eigenvalue weighted by Crippen LogP contribution is -2.32. The van der Waals surface area contributed by atoms with E-state index in [0.717, 1.165) is 12.0 Å². The third-order valence-electron chi connectivity index (χ3n) is 5.63. The van der Waals surface area contributed by atoms with Gasteiger partial charge in [0.2, 0.25) is 5.95 Å². The molecule has 3 aromatic carbocycles. The molecule has 0 saturated heterocycles. The van der Waals surface area contributed by atoms with Crippen LogP contribution in [0.2, 0.25) is 10.0 Å². The van der Waals surface area contributed by atoms with Crippen molar-refractivity contribution in [3.8, 4) is 0 Å². The van der Waals surface area contributed by atoms with E-state index in [1.807, 2.05) is 48.3 Å². The van der Waals surface area contributed by atoms with Gasteiger partial charge >= 0.3 is 0 Å². The molecule has 4 aromatic rings. The fourth-order valence-corrected chi connectivity index (χ4v) is 4.95. The minimum absolute atomic E-state index is 0.0534. The molecule has 0 aliphatic rings. The van der Waals surface area contributed by atoms with Gasteiger partial charge in [-0.3, -0.25) is 4.79 Å². The van der Waals surface area contributed by atoms with E-state index >= 15 is 0 Å². The monoisotopic (exact) mass is 554 g/mol. The highest BCUT2D eigenvalue weighted by molar-refractivity contribution is 7.90. The van der Waals surface area contributed by atoms with Crippen LogP contribution in [0.15, 0.2) is 90.0 Å². The Morgan fingerprint density at radius 3 is 2.32 bits per heavy atom. The van der Waals surface area contributed by atoms with Gasteiger partial charge in [0.1, 0.15) is 0 Å². The highest BCUT2D eigenvalue weighted by Crippen LogP contribution is 2.20. The number of rotatable bonds is 9. The van der Waals surface area contributed by atoms with E-state index < -0.39 is 15.9 Å². The molecule has 1 heterocycles. The van der Waals surface area contributed by atoms with E-state index in [2.05, 4.69) is 14.7 Å². The van der Waals surface area contributed by atoms with Gasteiger partial charge in [-0.25, -0.2) is 23.1 Å². The van der Waals surface area contributed by atoms with Crippen molar-refractivity contribution >= 4 is 45.1 Å². The third kappa shape index (κ3) is 7.07. The molecule has 1 aromatic heterocycles. The van der Waals surface area contributed by atoms with Gasteiger partial charge in [0.05, 0.1) is 16.2 Å². The normalized spacial score (nSPS) is 11.2. The first-order valence-corrected chi connectivity index (χ1v) is 13.6. The first-order chi connectivity index (χ1) is 17.7. The Morgan fingerprint density at radius 1 is 0.919 bits per heavy atom. The lowest BCUT2D eigenvalue weighted by Gasteiger charge is -2.19. The number of amides is 1. The predicted molar refractivity (Wildman–Crippen MR) is 146 cm³/mol. The maximum atomic E-state index is 13.1. The Morgan fingerprint density at radius 2 is 1.62 bits per heavy atom. The molecule has 190 valence electrons. The van der Waals surface area contributed by atoms with Crippen LogP contribution in [-0.2, 0) is 22.9 Å². The number of benzene rings is 3. The molecule has 37 heavy (non-hydrogen) atoms. The van der Waals surface area contributed by atoms with Crippen molar-refractivity contribution in [1.29, 1.82) is 0 Å². The number of halogens is 2. The first kappa shape index (κ1) is 26.6. The summed E-state index contributed by atoms with van der Waals surface area (Å²) in [6.45, 7) is 0.650. The number of sulfonamides is 1. The molecule has 0 radical (unpaired) electrons. The van der Waals surface area contributed by atoms with E-state index in [0.29, 0.717) is 28.2 Å². The Hall–Kier alpha value is -3.46. The van der Waals surface area contributed by atoms with Gasteiger partial charge < -0.3 is 4.90 Å². The van der Waals surface area contributed by atoms with Crippen LogP contribution in [-0.4, -0.2) is 37.9 Å². The second-order valence-electron chi connectivity index (χ2n) is 8.38. The molecule has 4 rings (SSSR count). The minimum Gasteiger partial charge on any atom is -0.344 e. The van der Waals surface area contributed by atoms with Crippen LogP contribution in [0.3, 0.4) is 0 Å². The molecule has 0 aliphatic heterocycles. The molecular formula is C27H24Cl2N4O3S. The lowest BCUT2D eigenvalue weighted by atomic mass is 10.1. The number of likely N-dealkylation sites (N-methyl/N-ethyl adjacent to an activating group) is 1. The zero-order valence-corrected chi connectivity index (χ0v) is 22.3. The molecule has 0 atom stereocenters. The van der Waals surface area contributed by atoms with Crippen molar-refractivity contribution < 1.29 is 13.2 Å². The van der Waals surface area contributed by atoms with Gasteiger partial charge in [-0.1, -0.05) is 65.7 Å². The van der Waals surface area contributed by atoms with Gasteiger partial charge in [-0.05, 0) is 53.9 Å². The van der Waals surface area contributed by atoms with E-state index in [-0.39, 0.29) is 16.9 Å². The summed E-state index contributed by atoms with van der Waals surface area (Å²) in [4.78, 5) is 23.9. The van der Waals surface area contributed by atoms with E-state index in [4.69, 9.17) is 23.2 Å². The molecule has 0 fully saturated rings. The van der Waals surface area contributed by atoms with Crippen molar-refractivity contribution in [2.45, 2.75) is 17.7 Å². The standard InChI is InChI=1S/C27H24Cl2N4O3S/c1-33(15-14-19-6-3-2-4-7-19)27-30-18-24(25(31-27)17-20-8-5-9-22(29)16-20)26(34)32-37(35,36)23-12-10-21(28)11-13-23/h2-13,16,18H,14-15,17H2,1H3,(H,32,34). The average Bonchev–Trinajstić information content (AvgIpc) is 2.88. The zero-order valence-electron chi connectivity index (χ0n) is 19.9. The van der Waals surface area contributed by atoms with Crippen LogP contribution in [0.4, 0.5) is 5.95 Å². The van der Waals surface area contributed by atoms with Crippen molar-refractivity contribution in [2.75, 3.05) is 18.5 Å². The predicted octanol–water partition coefficient (Wildman–Crippen LogP) is 5.17. The number of hydrogen-bond acceptors (Lipinski definition) is 6. The quantitative estimate of drug-likeness (QED) is 0.306. The summed E-state index contributed by atoms with van der Waals surface area (Å²) < 4.78 is 27.7. The maximum absolute atomic E-state index is 13.1. The Bertz CT molecular complexity index is 1500. The molecule has 0 aliphatic carbocycles. The molecule has 10 heteroatoms. The summed E-state index contributed by atoms with van der Waals surface area (Å²) >= 11 is 12.0. The van der Waals surface area contributed by atoms with Crippen molar-refractivity contribution in [1.82, 2.24) is 14.7 Å². The largest absolute Gasteiger partial charge is 0.344 e. The molecule has 0 bridgehead atoms. The summed E-state index contributed by atoms with van der Waals surface area (Å²) in [7, 11) is -2.26. The number of anilines is 1. The van der Waals surface area contributed by atoms with Crippen molar-refractivity contribution in [3.05, 3.63) is 117 Å². The second kappa shape index (κ2) is 11.7. The Labute approximate surface area is 226 Å². The first-order valence-electron chi connectivity index (χ1n) is 11.4. The summed E-state index contributed by atoms with van der Waals surface area (Å²) in [5, 5.41) is 0.928. The second-order valence-corrected chi connectivity index (χ2v) is 10.9. The molecule has 0 unspecified atom stereocenters. The zero-order chi connectivity index (χ0) is 26.4. The number of hydrogen-bond donors (Lipinski definition) is 1. The topological polar surface area (TPSA) is 92.3 Å². The van der Waals surface area contributed by atoms with Crippen LogP contribution in [0.5, 0.6) is 0 Å². The Balaban J connectivity index is 1.61. The highest BCUT2D eigenvalue weighted by atomic mass is 35.5. The summed E-state index contributed by atoms with van der Waals surface area (Å²) in [6, 6.07) is 22.8. The fourth-order valence-electron chi connectivity index (χ4n) is 3.65. The van der Waals surface area contributed by atoms with Gasteiger partial charge in [0.25, 0.3) is 15.9 Å². The van der Waals surface area contributed by atoms with Crippen LogP contribution >= 0.6 is 23.2 Å². The smallest absolute Gasteiger partial charge is 0.268 e. The number of aromatic nitrogens is 2. The Kier molecular flexibility index (Phi) is 8.43. The van der Waals surface area contributed by atoms with Crippen LogP contribution < -0.4 is 9.62 Å². The number of carbonyl (C=O) groups excluding carboxylic acids is 1. The summed E-state index contributed by atoms with van der Waals surface area (Å²) in [5.41, 5.74) is 2.43. The SMILES string of the molecule is CN(CCc1ccccc1)c1ncc(C(=O)NS(=O)(=O)c2ccc(Cl)cc2)c(Cc2cccc(Cl)c2)n1. The summed E-state index contributed by atoms with van der Waals surface area (Å²) in [5.74, 6) is -0.407. The van der Waals surface area contributed by atoms with Gasteiger partial charge in [-0.2, -0.15) is 0 Å². The van der Waals surface area contributed by atoms with Gasteiger partial charge in [0.15, 0.2) is 0 Å². The third-order valence-corrected chi connectivity index (χ3v) is 7.47. The maximum Gasteiger partial charge on any atom is 0.268 e. The van der Waals surface area contributed by atoms with Crippen molar-refractivity contribution in [2.24, 2.45) is 0 Å². The summed E-state index contributed by atoms with van der Waals surface area (Å²) in [6.07, 6.45) is 2.40. The fraction of sp³-hybridized carbons (Fsp3) is 0.148. The van der Waals surface area contributed by atoms with Crippen molar-refractivity contribution in [3.63, 3.8) is 0 Å². The van der Waals surface area contributed by atoms with E-state index in [9.17, 15) is 13.2 Å². The molecule has 1 amide bonds. The number of nitrogens with one attached hydrogen (secondary N) is 1. The molecule has 0 saturated carbocycles. The average molecular weight is 555 g/mol. The van der Waals surface area contributed by atoms with Crippen LogP contribution in [0.25, 0.3) is 0 Å². The van der Waals surface area contributed by atoms with Crippen LogP contribution in [0, 0.1) is 0 Å². The van der Waals surface area contributed by atoms with Gasteiger partial charge in [0, 0.05) is 36.3 Å². The molecule has 0 spiro atoms. The molecule has 1 N–H and O–H groups in total. The molecule has 7 nitrogen and oxygen atoms in total. The number of carbonyl (C=O) groups is 1. The number of nitrogens with zero attached hydrogens (tertiary/aromatic N) is 3. The lowest BCUT2D eigenvalue weighted by molar-refractivity contribution is 0.0980. The van der Waals surface area contributed by atoms with Crippen LogP contribution in [0.1, 0.15) is 27.2 Å². The van der Waals surface area contributed by atoms with Gasteiger partial charge in [-0.15, -0.1) is 0 Å². The minimum atomic E-state index is -4.13.